The van der Waals surface area contributed by atoms with Crippen molar-refractivity contribution in [2.24, 2.45) is 5.41 Å². The Labute approximate surface area is 154 Å². The maximum absolute atomic E-state index is 12.4. The molecule has 0 bridgehead atoms. The molecule has 3 rings (SSSR count). The van der Waals surface area contributed by atoms with Gasteiger partial charge in [0.25, 0.3) is 5.91 Å². The quantitative estimate of drug-likeness (QED) is 0.618. The summed E-state index contributed by atoms with van der Waals surface area (Å²) in [4.78, 5) is 38.1. The number of amides is 1. The van der Waals surface area contributed by atoms with Crippen LogP contribution in [0.1, 0.15) is 31.3 Å². The lowest BCUT2D eigenvalue weighted by Crippen LogP contribution is -2.25. The number of hydrogen-bond donors (Lipinski definition) is 3. The van der Waals surface area contributed by atoms with Gasteiger partial charge in [0.05, 0.1) is 6.20 Å². The molecule has 10 heteroatoms. The number of carbonyl (C=O) groups excluding carboxylic acids is 2. The molecule has 0 radical (unpaired) electrons. The first-order valence-electron chi connectivity index (χ1n) is 8.22. The van der Waals surface area contributed by atoms with E-state index >= 15 is 0 Å². The van der Waals surface area contributed by atoms with Gasteiger partial charge in [0.2, 0.25) is 0 Å². The fourth-order valence-electron chi connectivity index (χ4n) is 2.21. The molecule has 140 valence electrons. The topological polar surface area (TPSA) is 138 Å². The standard InChI is InChI=1S/C17H19N7O3/c1-17(2,3)13(25)9-24-8-12(20-23-24)15(26)18-11-6-4-5-10(7-11)14-19-16(27)22-21-14/h4-8H,9H2,1-3H3,(H,18,26)(H2,19,21,22,27). The van der Waals surface area contributed by atoms with Gasteiger partial charge in [-0.25, -0.2) is 14.6 Å². The van der Waals surface area contributed by atoms with Crippen LogP contribution >= 0.6 is 0 Å². The molecule has 0 unspecified atom stereocenters. The Balaban J connectivity index is 1.71. The number of benzene rings is 1. The number of anilines is 1. The van der Waals surface area contributed by atoms with Crippen LogP contribution in [0.15, 0.2) is 35.3 Å². The number of ketones is 1. The SMILES string of the molecule is CC(C)(C)C(=O)Cn1cc(C(=O)Nc2cccc(-c3n[nH]c(=O)[nH]3)c2)nn1. The molecule has 1 amide bonds. The molecule has 0 saturated heterocycles. The molecule has 2 heterocycles. The van der Waals surface area contributed by atoms with E-state index in [1.54, 1.807) is 24.3 Å². The minimum absolute atomic E-state index is 0.0138. The van der Waals surface area contributed by atoms with Gasteiger partial charge in [-0.05, 0) is 12.1 Å². The summed E-state index contributed by atoms with van der Waals surface area (Å²) < 4.78 is 1.34. The van der Waals surface area contributed by atoms with E-state index in [2.05, 4.69) is 30.8 Å². The predicted molar refractivity (Wildman–Crippen MR) is 97.1 cm³/mol. The van der Waals surface area contributed by atoms with Crippen molar-refractivity contribution < 1.29 is 9.59 Å². The minimum atomic E-state index is -0.498. The molecule has 10 nitrogen and oxygen atoms in total. The monoisotopic (exact) mass is 369 g/mol. The molecule has 0 fully saturated rings. The minimum Gasteiger partial charge on any atom is -0.321 e. The first kappa shape index (κ1) is 18.2. The molecule has 0 aliphatic carbocycles. The van der Waals surface area contributed by atoms with Gasteiger partial charge >= 0.3 is 5.69 Å². The van der Waals surface area contributed by atoms with Gasteiger partial charge in [-0.3, -0.25) is 14.6 Å². The average Bonchev–Trinajstić information content (AvgIpc) is 3.23. The summed E-state index contributed by atoms with van der Waals surface area (Å²) in [5.74, 6) is -0.111. The molecular weight excluding hydrogens is 350 g/mol. The van der Waals surface area contributed by atoms with Gasteiger partial charge in [-0.2, -0.15) is 5.10 Å². The van der Waals surface area contributed by atoms with Crippen molar-refractivity contribution in [1.29, 1.82) is 0 Å². The molecule has 0 atom stereocenters. The van der Waals surface area contributed by atoms with Crippen LogP contribution < -0.4 is 11.0 Å². The van der Waals surface area contributed by atoms with Crippen LogP contribution in [0.4, 0.5) is 5.69 Å². The average molecular weight is 369 g/mol. The summed E-state index contributed by atoms with van der Waals surface area (Å²) in [5, 5.41) is 16.5. The van der Waals surface area contributed by atoms with E-state index in [-0.39, 0.29) is 18.0 Å². The second kappa shape index (κ2) is 6.98. The van der Waals surface area contributed by atoms with Gasteiger partial charge in [0, 0.05) is 16.7 Å². The number of aromatic nitrogens is 6. The highest BCUT2D eigenvalue weighted by Crippen LogP contribution is 2.19. The third-order valence-corrected chi connectivity index (χ3v) is 3.81. The van der Waals surface area contributed by atoms with Crippen LogP contribution in [0, 0.1) is 5.41 Å². The van der Waals surface area contributed by atoms with Gasteiger partial charge in [-0.15, -0.1) is 5.10 Å². The highest BCUT2D eigenvalue weighted by Gasteiger charge is 2.22. The summed E-state index contributed by atoms with van der Waals surface area (Å²) in [5.41, 5.74) is 0.311. The Kier molecular flexibility index (Phi) is 4.72. The van der Waals surface area contributed by atoms with Crippen molar-refractivity contribution in [3.63, 3.8) is 0 Å². The Morgan fingerprint density at radius 2 is 2.04 bits per heavy atom. The normalized spacial score (nSPS) is 11.4. The van der Waals surface area contributed by atoms with Crippen LogP contribution in [0.2, 0.25) is 0 Å². The second-order valence-electron chi connectivity index (χ2n) is 7.04. The van der Waals surface area contributed by atoms with Crippen molar-refractivity contribution >= 4 is 17.4 Å². The number of Topliss-reactive ketones (excluding diaryl/α,β-unsaturated/α-hetero) is 1. The number of aromatic amines is 2. The largest absolute Gasteiger partial charge is 0.340 e. The summed E-state index contributed by atoms with van der Waals surface area (Å²) in [6.07, 6.45) is 1.42. The van der Waals surface area contributed by atoms with Crippen molar-refractivity contribution in [1.82, 2.24) is 30.2 Å². The van der Waals surface area contributed by atoms with Crippen LogP contribution in [-0.4, -0.2) is 41.9 Å². The van der Waals surface area contributed by atoms with E-state index in [0.717, 1.165) is 0 Å². The van der Waals surface area contributed by atoms with Gasteiger partial charge in [-0.1, -0.05) is 38.1 Å². The molecule has 0 spiro atoms. The summed E-state index contributed by atoms with van der Waals surface area (Å²) >= 11 is 0. The number of nitrogens with zero attached hydrogens (tertiary/aromatic N) is 4. The highest BCUT2D eigenvalue weighted by molar-refractivity contribution is 6.02. The van der Waals surface area contributed by atoms with E-state index < -0.39 is 17.0 Å². The first-order valence-corrected chi connectivity index (χ1v) is 8.22. The summed E-state index contributed by atoms with van der Waals surface area (Å²) in [6, 6.07) is 6.82. The van der Waals surface area contributed by atoms with E-state index in [0.29, 0.717) is 17.1 Å². The lowest BCUT2D eigenvalue weighted by molar-refractivity contribution is -0.127. The van der Waals surface area contributed by atoms with Crippen LogP contribution in [0.3, 0.4) is 0 Å². The summed E-state index contributed by atoms with van der Waals surface area (Å²) in [6.45, 7) is 5.50. The van der Waals surface area contributed by atoms with Crippen molar-refractivity contribution in [2.75, 3.05) is 5.32 Å². The lowest BCUT2D eigenvalue weighted by Gasteiger charge is -2.15. The Morgan fingerprint density at radius 3 is 2.70 bits per heavy atom. The molecule has 0 aliphatic heterocycles. The Morgan fingerprint density at radius 1 is 1.26 bits per heavy atom. The van der Waals surface area contributed by atoms with Crippen LogP contribution in [0.5, 0.6) is 0 Å². The second-order valence-corrected chi connectivity index (χ2v) is 7.04. The Bertz CT molecular complexity index is 1040. The molecule has 3 N–H and O–H groups in total. The van der Waals surface area contributed by atoms with Gasteiger partial charge in [0.1, 0.15) is 6.54 Å². The third-order valence-electron chi connectivity index (χ3n) is 3.81. The lowest BCUT2D eigenvalue weighted by atomic mass is 9.91. The van der Waals surface area contributed by atoms with Crippen molar-refractivity contribution in [2.45, 2.75) is 27.3 Å². The maximum Gasteiger partial charge on any atom is 0.340 e. The fraction of sp³-hybridized carbons (Fsp3) is 0.294. The number of hydrogen-bond acceptors (Lipinski definition) is 6. The highest BCUT2D eigenvalue weighted by atomic mass is 16.2. The molecule has 0 aliphatic rings. The predicted octanol–water partition coefficient (Wildman–Crippen LogP) is 1.22. The Hall–Kier alpha value is -3.56. The van der Waals surface area contributed by atoms with E-state index in [9.17, 15) is 14.4 Å². The molecule has 27 heavy (non-hydrogen) atoms. The molecule has 0 saturated carbocycles. The van der Waals surface area contributed by atoms with E-state index in [4.69, 9.17) is 0 Å². The van der Waals surface area contributed by atoms with Gasteiger partial charge in [0.15, 0.2) is 17.3 Å². The molecule has 2 aromatic heterocycles. The first-order chi connectivity index (χ1) is 12.7. The number of nitrogens with one attached hydrogen (secondary N) is 3. The molecule has 1 aromatic carbocycles. The zero-order valence-electron chi connectivity index (χ0n) is 15.1. The number of rotatable bonds is 5. The number of H-pyrrole nitrogens is 2. The van der Waals surface area contributed by atoms with Crippen LogP contribution in [-0.2, 0) is 11.3 Å². The van der Waals surface area contributed by atoms with Gasteiger partial charge < -0.3 is 5.32 Å². The molecular formula is C17H19N7O3. The fourth-order valence-corrected chi connectivity index (χ4v) is 2.21. The summed E-state index contributed by atoms with van der Waals surface area (Å²) in [7, 11) is 0. The number of carbonyl (C=O) groups is 2. The maximum atomic E-state index is 12.4. The smallest absolute Gasteiger partial charge is 0.321 e. The third kappa shape index (κ3) is 4.35. The van der Waals surface area contributed by atoms with Crippen molar-refractivity contribution in [3.05, 3.63) is 46.6 Å². The van der Waals surface area contributed by atoms with Crippen LogP contribution in [0.25, 0.3) is 11.4 Å². The molecule has 3 aromatic rings. The van der Waals surface area contributed by atoms with E-state index in [1.807, 2.05) is 20.8 Å². The van der Waals surface area contributed by atoms with Crippen molar-refractivity contribution in [3.8, 4) is 11.4 Å². The zero-order chi connectivity index (χ0) is 19.6. The zero-order valence-corrected chi connectivity index (χ0v) is 15.1. The van der Waals surface area contributed by atoms with E-state index in [1.165, 1.54) is 10.9 Å².